The second-order valence-corrected chi connectivity index (χ2v) is 5.43. The topological polar surface area (TPSA) is 79.2 Å². The number of alkyl halides is 1. The van der Waals surface area contributed by atoms with Gasteiger partial charge in [-0.25, -0.2) is 4.98 Å². The van der Waals surface area contributed by atoms with Crippen LogP contribution in [-0.4, -0.2) is 38.6 Å². The number of carbonyl (C=O) groups excluding carboxylic acids is 1. The molecule has 0 saturated carbocycles. The largest absolute Gasteiger partial charge is 0.358 e. The molecule has 1 atom stereocenters. The number of hydrogen-bond donors (Lipinski definition) is 1. The Morgan fingerprint density at radius 2 is 2.37 bits per heavy atom. The van der Waals surface area contributed by atoms with Crippen molar-refractivity contribution in [3.05, 3.63) is 27.9 Å². The third-order valence-corrected chi connectivity index (χ3v) is 3.97. The maximum Gasteiger partial charge on any atom is 0.321 e. The molecule has 1 aromatic rings. The van der Waals surface area contributed by atoms with Crippen LogP contribution in [0.3, 0.4) is 0 Å². The van der Waals surface area contributed by atoms with Crippen LogP contribution < -0.4 is 0 Å². The Kier molecular flexibility index (Phi) is 4.57. The molecule has 19 heavy (non-hydrogen) atoms. The Balaban J connectivity index is 2.07. The number of aromatic amines is 1. The highest BCUT2D eigenvalue weighted by atomic mass is 79.9. The summed E-state index contributed by atoms with van der Waals surface area (Å²) in [6.45, 7) is 0.735. The Bertz CT molecular complexity index is 475. The van der Waals surface area contributed by atoms with E-state index < -0.39 is 4.92 Å². The molecular formula is C12H16BrN3O3. The molecular weight excluding hydrogens is 314 g/mol. The highest BCUT2D eigenvalue weighted by Crippen LogP contribution is 2.24. The lowest BCUT2D eigenvalue weighted by molar-refractivity contribution is -0.389. The fourth-order valence-corrected chi connectivity index (χ4v) is 2.81. The van der Waals surface area contributed by atoms with Gasteiger partial charge >= 0.3 is 5.82 Å². The van der Waals surface area contributed by atoms with Gasteiger partial charge in [0.05, 0.1) is 0 Å². The minimum Gasteiger partial charge on any atom is -0.358 e. The molecule has 0 aromatic carbocycles. The van der Waals surface area contributed by atoms with Crippen LogP contribution in [0.4, 0.5) is 5.82 Å². The molecule has 0 bridgehead atoms. The summed E-state index contributed by atoms with van der Waals surface area (Å²) >= 11 is 3.39. The molecule has 7 heteroatoms. The smallest absolute Gasteiger partial charge is 0.321 e. The summed E-state index contributed by atoms with van der Waals surface area (Å²) in [5.41, 5.74) is 0.303. The van der Waals surface area contributed by atoms with E-state index in [0.29, 0.717) is 5.69 Å². The van der Waals surface area contributed by atoms with Crippen LogP contribution in [0.5, 0.6) is 0 Å². The minimum absolute atomic E-state index is 0.134. The molecule has 1 saturated heterocycles. The highest BCUT2D eigenvalue weighted by molar-refractivity contribution is 9.09. The summed E-state index contributed by atoms with van der Waals surface area (Å²) in [7, 11) is 0. The van der Waals surface area contributed by atoms with Gasteiger partial charge in [0.25, 0.3) is 5.91 Å². The van der Waals surface area contributed by atoms with Gasteiger partial charge in [-0.05, 0) is 36.7 Å². The van der Waals surface area contributed by atoms with Crippen LogP contribution in [0, 0.1) is 10.1 Å². The number of halogens is 1. The molecule has 0 radical (unpaired) electrons. The summed E-state index contributed by atoms with van der Waals surface area (Å²) in [5, 5.41) is 11.5. The number of hydrogen-bond acceptors (Lipinski definition) is 3. The first-order valence-corrected chi connectivity index (χ1v) is 7.46. The van der Waals surface area contributed by atoms with Crippen molar-refractivity contribution in [2.75, 3.05) is 11.9 Å². The van der Waals surface area contributed by atoms with Gasteiger partial charge in [0.1, 0.15) is 0 Å². The number of H-pyrrole nitrogens is 1. The third kappa shape index (κ3) is 3.15. The second kappa shape index (κ2) is 6.18. The molecule has 2 heterocycles. The van der Waals surface area contributed by atoms with E-state index in [9.17, 15) is 14.9 Å². The predicted octanol–water partition coefficient (Wildman–Crippen LogP) is 2.70. The standard InChI is InChI=1S/C12H16BrN3O3/c13-7-1-3-9-4-2-8-15(9)12(17)10-5-6-11(14-10)16(18)19/h5-6,9,14H,1-4,7-8H2. The summed E-state index contributed by atoms with van der Waals surface area (Å²) in [5.74, 6) is -0.273. The van der Waals surface area contributed by atoms with Crippen molar-refractivity contribution in [2.24, 2.45) is 0 Å². The molecule has 6 nitrogen and oxygen atoms in total. The lowest BCUT2D eigenvalue weighted by Crippen LogP contribution is -2.35. The first-order chi connectivity index (χ1) is 9.13. The molecule has 1 fully saturated rings. The van der Waals surface area contributed by atoms with Crippen molar-refractivity contribution < 1.29 is 9.72 Å². The molecule has 0 aliphatic carbocycles. The van der Waals surface area contributed by atoms with Crippen LogP contribution in [0.1, 0.15) is 36.2 Å². The number of nitro groups is 1. The Hall–Kier alpha value is -1.37. The zero-order valence-electron chi connectivity index (χ0n) is 10.5. The molecule has 1 aliphatic heterocycles. The Morgan fingerprint density at radius 1 is 1.58 bits per heavy atom. The number of nitrogens with one attached hydrogen (secondary N) is 1. The summed E-state index contributed by atoms with van der Waals surface area (Å²) < 4.78 is 0. The van der Waals surface area contributed by atoms with E-state index in [1.807, 2.05) is 4.90 Å². The molecule has 1 amide bonds. The Morgan fingerprint density at radius 3 is 3.00 bits per heavy atom. The van der Waals surface area contributed by atoms with Crippen LogP contribution in [0.15, 0.2) is 12.1 Å². The zero-order chi connectivity index (χ0) is 13.8. The van der Waals surface area contributed by atoms with Gasteiger partial charge in [0.2, 0.25) is 0 Å². The van der Waals surface area contributed by atoms with E-state index in [4.69, 9.17) is 0 Å². The van der Waals surface area contributed by atoms with Crippen molar-refractivity contribution in [3.63, 3.8) is 0 Å². The minimum atomic E-state index is -0.525. The fraction of sp³-hybridized carbons (Fsp3) is 0.583. The molecule has 1 unspecified atom stereocenters. The van der Waals surface area contributed by atoms with E-state index in [1.165, 1.54) is 12.1 Å². The molecule has 104 valence electrons. The number of aromatic nitrogens is 1. The number of amides is 1. The first-order valence-electron chi connectivity index (χ1n) is 6.34. The fourth-order valence-electron chi connectivity index (χ4n) is 2.49. The first kappa shape index (κ1) is 14.0. The van der Waals surface area contributed by atoms with Crippen LogP contribution in [0.25, 0.3) is 0 Å². The summed E-state index contributed by atoms with van der Waals surface area (Å²) in [6, 6.07) is 3.07. The SMILES string of the molecule is O=C(c1ccc([N+](=O)[O-])[nH]1)N1CCCC1CCCBr. The van der Waals surface area contributed by atoms with Gasteiger partial charge in [-0.1, -0.05) is 15.9 Å². The predicted molar refractivity (Wildman–Crippen MR) is 74.5 cm³/mol. The number of nitrogens with zero attached hydrogens (tertiary/aromatic N) is 2. The third-order valence-electron chi connectivity index (χ3n) is 3.41. The molecule has 1 aromatic heterocycles. The lowest BCUT2D eigenvalue weighted by Gasteiger charge is -2.23. The van der Waals surface area contributed by atoms with E-state index in [0.717, 1.165) is 37.6 Å². The monoisotopic (exact) mass is 329 g/mol. The quantitative estimate of drug-likeness (QED) is 0.512. The molecule has 1 N–H and O–H groups in total. The summed E-state index contributed by atoms with van der Waals surface area (Å²) in [4.78, 5) is 26.8. The van der Waals surface area contributed by atoms with E-state index in [2.05, 4.69) is 20.9 Å². The van der Waals surface area contributed by atoms with Gasteiger partial charge < -0.3 is 15.0 Å². The average Bonchev–Trinajstić information content (AvgIpc) is 3.04. The van der Waals surface area contributed by atoms with Gasteiger partial charge in [-0.2, -0.15) is 0 Å². The molecule has 1 aliphatic rings. The van der Waals surface area contributed by atoms with E-state index in [-0.39, 0.29) is 17.8 Å². The molecule has 0 spiro atoms. The van der Waals surface area contributed by atoms with Crippen molar-refractivity contribution in [1.29, 1.82) is 0 Å². The maximum absolute atomic E-state index is 12.3. The maximum atomic E-state index is 12.3. The van der Waals surface area contributed by atoms with Gasteiger partial charge in [-0.3, -0.25) is 4.79 Å². The van der Waals surface area contributed by atoms with Gasteiger partial charge in [0.15, 0.2) is 5.69 Å². The lowest BCUT2D eigenvalue weighted by atomic mass is 10.1. The Labute approximate surface area is 119 Å². The number of rotatable bonds is 5. The number of carbonyl (C=O) groups is 1. The zero-order valence-corrected chi connectivity index (χ0v) is 12.1. The van der Waals surface area contributed by atoms with Crippen molar-refractivity contribution in [3.8, 4) is 0 Å². The van der Waals surface area contributed by atoms with E-state index in [1.54, 1.807) is 0 Å². The normalized spacial score (nSPS) is 18.8. The van der Waals surface area contributed by atoms with Crippen LogP contribution >= 0.6 is 15.9 Å². The van der Waals surface area contributed by atoms with Crippen molar-refractivity contribution >= 4 is 27.7 Å². The number of likely N-dealkylation sites (tertiary alicyclic amines) is 1. The molecule has 2 rings (SSSR count). The van der Waals surface area contributed by atoms with Crippen molar-refractivity contribution in [2.45, 2.75) is 31.7 Å². The van der Waals surface area contributed by atoms with Gasteiger partial charge in [0, 0.05) is 24.0 Å². The highest BCUT2D eigenvalue weighted by Gasteiger charge is 2.31. The van der Waals surface area contributed by atoms with Crippen molar-refractivity contribution in [1.82, 2.24) is 9.88 Å². The van der Waals surface area contributed by atoms with Gasteiger partial charge in [-0.15, -0.1) is 0 Å². The average molecular weight is 330 g/mol. The van der Waals surface area contributed by atoms with Crippen LogP contribution in [0.2, 0.25) is 0 Å². The van der Waals surface area contributed by atoms with E-state index >= 15 is 0 Å². The van der Waals surface area contributed by atoms with Crippen LogP contribution in [-0.2, 0) is 0 Å². The summed E-state index contributed by atoms with van der Waals surface area (Å²) in [6.07, 6.45) is 4.02. The second-order valence-electron chi connectivity index (χ2n) is 4.64.